The van der Waals surface area contributed by atoms with E-state index in [4.69, 9.17) is 0 Å². The third-order valence-corrected chi connectivity index (χ3v) is 6.07. The number of likely N-dealkylation sites (N-methyl/N-ethyl adjacent to an activating group) is 1. The van der Waals surface area contributed by atoms with Crippen molar-refractivity contribution in [1.29, 1.82) is 0 Å². The van der Waals surface area contributed by atoms with Crippen molar-refractivity contribution in [3.05, 3.63) is 78.1 Å². The minimum Gasteiger partial charge on any atom is -0.272 e. The van der Waals surface area contributed by atoms with Gasteiger partial charge in [-0.15, -0.1) is 0 Å². The molecule has 0 fully saturated rings. The average molecular weight is 427 g/mol. The van der Waals surface area contributed by atoms with Crippen molar-refractivity contribution < 1.29 is 18.0 Å². The number of hydrazine groups is 1. The van der Waals surface area contributed by atoms with E-state index in [9.17, 15) is 18.0 Å². The number of amides is 2. The predicted molar refractivity (Wildman–Crippen MR) is 110 cm³/mol. The first-order valence-electron chi connectivity index (χ1n) is 9.00. The zero-order valence-corrected chi connectivity index (χ0v) is 17.3. The van der Waals surface area contributed by atoms with Gasteiger partial charge < -0.3 is 0 Å². The summed E-state index contributed by atoms with van der Waals surface area (Å²) in [6, 6.07) is 17.0. The molecular weight excluding hydrogens is 406 g/mol. The average Bonchev–Trinajstić information content (AvgIpc) is 3.23. The first-order valence-corrected chi connectivity index (χ1v) is 10.4. The summed E-state index contributed by atoms with van der Waals surface area (Å²) in [5.74, 6) is -1.31. The summed E-state index contributed by atoms with van der Waals surface area (Å²) in [6.07, 6.45) is 1.62. The highest BCUT2D eigenvalue weighted by molar-refractivity contribution is 7.89. The second-order valence-corrected chi connectivity index (χ2v) is 8.60. The van der Waals surface area contributed by atoms with Crippen LogP contribution in [-0.2, 0) is 14.8 Å². The van der Waals surface area contributed by atoms with Gasteiger partial charge in [-0.05, 0) is 37.3 Å². The Bertz CT molecular complexity index is 1140. The summed E-state index contributed by atoms with van der Waals surface area (Å²) in [4.78, 5) is 24.4. The number of carbonyl (C=O) groups is 2. The number of benzene rings is 2. The number of hydrogen-bond donors (Lipinski definition) is 2. The van der Waals surface area contributed by atoms with Crippen molar-refractivity contribution in [2.24, 2.45) is 0 Å². The Morgan fingerprint density at radius 2 is 1.67 bits per heavy atom. The zero-order valence-electron chi connectivity index (χ0n) is 16.4. The molecule has 0 aliphatic carbocycles. The van der Waals surface area contributed by atoms with Crippen molar-refractivity contribution in [2.45, 2.75) is 11.8 Å². The van der Waals surface area contributed by atoms with Gasteiger partial charge in [0.2, 0.25) is 10.0 Å². The lowest BCUT2D eigenvalue weighted by Crippen LogP contribution is -2.46. The number of sulfonamides is 1. The lowest BCUT2D eigenvalue weighted by atomic mass is 10.2. The van der Waals surface area contributed by atoms with E-state index >= 15 is 0 Å². The molecule has 30 heavy (non-hydrogen) atoms. The second kappa shape index (κ2) is 8.89. The third-order valence-electron chi connectivity index (χ3n) is 4.25. The number of nitrogens with zero attached hydrogens (tertiary/aromatic N) is 3. The molecule has 0 atom stereocenters. The fourth-order valence-electron chi connectivity index (χ4n) is 2.58. The molecule has 0 spiro atoms. The van der Waals surface area contributed by atoms with Crippen LogP contribution in [-0.4, -0.2) is 47.9 Å². The number of nitrogens with one attached hydrogen (secondary N) is 2. The van der Waals surface area contributed by atoms with Gasteiger partial charge in [0.25, 0.3) is 11.8 Å². The van der Waals surface area contributed by atoms with Crippen molar-refractivity contribution in [1.82, 2.24) is 24.9 Å². The van der Waals surface area contributed by atoms with E-state index in [0.29, 0.717) is 0 Å². The second-order valence-electron chi connectivity index (χ2n) is 6.56. The number of rotatable bonds is 6. The minimum absolute atomic E-state index is 0.0823. The lowest BCUT2D eigenvalue weighted by molar-refractivity contribution is -0.121. The lowest BCUT2D eigenvalue weighted by Gasteiger charge is -2.17. The molecule has 3 aromatic rings. The Balaban J connectivity index is 1.56. The molecule has 9 nitrogen and oxygen atoms in total. The molecule has 1 aromatic heterocycles. The molecule has 0 aliphatic rings. The van der Waals surface area contributed by atoms with Gasteiger partial charge in [-0.1, -0.05) is 35.9 Å². The monoisotopic (exact) mass is 427 g/mol. The van der Waals surface area contributed by atoms with E-state index in [1.807, 2.05) is 37.3 Å². The number of hydrogen-bond acceptors (Lipinski definition) is 5. The molecule has 0 bridgehead atoms. The third kappa shape index (κ3) is 4.91. The van der Waals surface area contributed by atoms with Crippen LogP contribution < -0.4 is 10.9 Å². The van der Waals surface area contributed by atoms with Gasteiger partial charge in [0.05, 0.1) is 17.1 Å². The van der Waals surface area contributed by atoms with Gasteiger partial charge in [-0.2, -0.15) is 9.40 Å². The van der Waals surface area contributed by atoms with Crippen LogP contribution in [0.25, 0.3) is 5.69 Å². The predicted octanol–water partition coefficient (Wildman–Crippen LogP) is 1.26. The highest BCUT2D eigenvalue weighted by atomic mass is 32.2. The quantitative estimate of drug-likeness (QED) is 0.575. The van der Waals surface area contributed by atoms with E-state index in [1.54, 1.807) is 18.3 Å². The SMILES string of the molecule is Cc1ccc(S(=O)(=O)N(C)CC(=O)NNC(=O)c2ccn(-c3ccccc3)n2)cc1. The molecule has 0 saturated carbocycles. The van der Waals surface area contributed by atoms with Crippen molar-refractivity contribution >= 4 is 21.8 Å². The van der Waals surface area contributed by atoms with Crippen LogP contribution in [0, 0.1) is 6.92 Å². The maximum atomic E-state index is 12.5. The number of aromatic nitrogens is 2. The number of aryl methyl sites for hydroxylation is 1. The van der Waals surface area contributed by atoms with Gasteiger partial charge in [0.1, 0.15) is 0 Å². The Kier molecular flexibility index (Phi) is 6.28. The Hall–Kier alpha value is -3.50. The van der Waals surface area contributed by atoms with Crippen molar-refractivity contribution in [2.75, 3.05) is 13.6 Å². The molecule has 0 unspecified atom stereocenters. The van der Waals surface area contributed by atoms with Crippen LogP contribution in [0.4, 0.5) is 0 Å². The summed E-state index contributed by atoms with van der Waals surface area (Å²) in [7, 11) is -2.53. The molecular formula is C20H21N5O4S. The van der Waals surface area contributed by atoms with E-state index in [2.05, 4.69) is 16.0 Å². The highest BCUT2D eigenvalue weighted by Gasteiger charge is 2.23. The molecule has 0 aliphatic heterocycles. The highest BCUT2D eigenvalue weighted by Crippen LogP contribution is 2.14. The molecule has 2 N–H and O–H groups in total. The van der Waals surface area contributed by atoms with E-state index in [-0.39, 0.29) is 10.6 Å². The summed E-state index contributed by atoms with van der Waals surface area (Å²) in [5.41, 5.74) is 6.23. The van der Waals surface area contributed by atoms with Crippen LogP contribution in [0.2, 0.25) is 0 Å². The molecule has 3 rings (SSSR count). The van der Waals surface area contributed by atoms with Crippen LogP contribution in [0.1, 0.15) is 16.1 Å². The fraction of sp³-hybridized carbons (Fsp3) is 0.150. The summed E-state index contributed by atoms with van der Waals surface area (Å²) >= 11 is 0. The first-order chi connectivity index (χ1) is 14.3. The summed E-state index contributed by atoms with van der Waals surface area (Å²) in [5, 5.41) is 4.15. The van der Waals surface area contributed by atoms with Crippen LogP contribution >= 0.6 is 0 Å². The standard InChI is InChI=1S/C20H21N5O4S/c1-15-8-10-17(11-9-15)30(28,29)24(2)14-19(26)21-22-20(27)18-12-13-25(23-18)16-6-4-3-5-7-16/h3-13H,14H2,1-2H3,(H,21,26)(H,22,27). The van der Waals surface area contributed by atoms with Gasteiger partial charge in [-0.3, -0.25) is 20.4 Å². The van der Waals surface area contributed by atoms with Crippen molar-refractivity contribution in [3.8, 4) is 5.69 Å². The van der Waals surface area contributed by atoms with Crippen LogP contribution in [0.3, 0.4) is 0 Å². The Morgan fingerprint density at radius 3 is 2.33 bits per heavy atom. The molecule has 10 heteroatoms. The molecule has 0 saturated heterocycles. The van der Waals surface area contributed by atoms with Gasteiger partial charge >= 0.3 is 0 Å². The smallest absolute Gasteiger partial charge is 0.272 e. The molecule has 1 heterocycles. The van der Waals surface area contributed by atoms with Crippen molar-refractivity contribution in [3.63, 3.8) is 0 Å². The molecule has 0 radical (unpaired) electrons. The van der Waals surface area contributed by atoms with Gasteiger partial charge in [0.15, 0.2) is 5.69 Å². The molecule has 156 valence electrons. The van der Waals surface area contributed by atoms with E-state index in [0.717, 1.165) is 15.6 Å². The minimum atomic E-state index is -3.82. The topological polar surface area (TPSA) is 113 Å². The van der Waals surface area contributed by atoms with Gasteiger partial charge in [-0.25, -0.2) is 13.1 Å². The first kappa shape index (κ1) is 21.2. The molecule has 2 amide bonds. The summed E-state index contributed by atoms with van der Waals surface area (Å²) < 4.78 is 27.5. The van der Waals surface area contributed by atoms with E-state index < -0.39 is 28.4 Å². The Labute approximate surface area is 174 Å². The molecule has 2 aromatic carbocycles. The number of carbonyl (C=O) groups excluding carboxylic acids is 2. The fourth-order valence-corrected chi connectivity index (χ4v) is 3.70. The summed E-state index contributed by atoms with van der Waals surface area (Å²) in [6.45, 7) is 1.38. The van der Waals surface area contributed by atoms with Gasteiger partial charge in [0, 0.05) is 13.2 Å². The largest absolute Gasteiger partial charge is 0.290 e. The Morgan fingerprint density at radius 1 is 1.00 bits per heavy atom. The van der Waals surface area contributed by atoms with Crippen LogP contribution in [0.15, 0.2) is 71.8 Å². The normalized spacial score (nSPS) is 11.3. The van der Waals surface area contributed by atoms with E-state index in [1.165, 1.54) is 29.9 Å². The maximum Gasteiger partial charge on any atom is 0.290 e. The maximum absolute atomic E-state index is 12.5. The number of para-hydroxylation sites is 1. The van der Waals surface area contributed by atoms with Crippen LogP contribution in [0.5, 0.6) is 0 Å². The zero-order chi connectivity index (χ0) is 21.7.